The molecule has 1 aromatic carbocycles. The first-order chi connectivity index (χ1) is 9.60. The van der Waals surface area contributed by atoms with Crippen LogP contribution in [0.15, 0.2) is 30.3 Å². The lowest BCUT2D eigenvalue weighted by atomic mass is 10.1. The Morgan fingerprint density at radius 1 is 1.30 bits per heavy atom. The minimum Gasteiger partial charge on any atom is -0.464 e. The molecule has 0 saturated carbocycles. The van der Waals surface area contributed by atoms with Crippen molar-refractivity contribution in [3.8, 4) is 0 Å². The molecule has 0 aliphatic heterocycles. The van der Waals surface area contributed by atoms with E-state index in [1.807, 2.05) is 30.3 Å². The van der Waals surface area contributed by atoms with Gasteiger partial charge >= 0.3 is 5.97 Å². The first-order valence-electron chi connectivity index (χ1n) is 6.66. The molecule has 0 radical (unpaired) electrons. The molecular weight excluding hydrogens is 278 g/mol. The van der Waals surface area contributed by atoms with Gasteiger partial charge in [0.15, 0.2) is 0 Å². The normalized spacial score (nSPS) is 11.8. The zero-order valence-corrected chi connectivity index (χ0v) is 12.6. The third-order valence-corrected chi connectivity index (χ3v) is 3.11. The Morgan fingerprint density at radius 3 is 2.50 bits per heavy atom. The van der Waals surface area contributed by atoms with Crippen LogP contribution in [0.3, 0.4) is 0 Å². The maximum Gasteiger partial charge on any atom is 0.328 e. The highest BCUT2D eigenvalue weighted by Gasteiger charge is 2.26. The van der Waals surface area contributed by atoms with Gasteiger partial charge in [-0.05, 0) is 19.4 Å². The molecule has 4 nitrogen and oxygen atoms in total. The van der Waals surface area contributed by atoms with Crippen molar-refractivity contribution in [3.05, 3.63) is 35.9 Å². The second kappa shape index (κ2) is 8.59. The van der Waals surface area contributed by atoms with Crippen molar-refractivity contribution in [2.75, 3.05) is 12.5 Å². The molecule has 1 aromatic rings. The van der Waals surface area contributed by atoms with Crippen molar-refractivity contribution >= 4 is 23.5 Å². The van der Waals surface area contributed by atoms with Crippen LogP contribution in [-0.2, 0) is 20.9 Å². The van der Waals surface area contributed by atoms with Gasteiger partial charge in [0.1, 0.15) is 6.04 Å². The van der Waals surface area contributed by atoms with E-state index in [0.29, 0.717) is 13.2 Å². The van der Waals surface area contributed by atoms with Crippen LogP contribution in [0.2, 0.25) is 0 Å². The van der Waals surface area contributed by atoms with Crippen molar-refractivity contribution in [3.63, 3.8) is 0 Å². The number of esters is 1. The second-order valence-corrected chi connectivity index (χ2v) is 4.75. The van der Waals surface area contributed by atoms with E-state index in [2.05, 4.69) is 0 Å². The number of benzene rings is 1. The lowest BCUT2D eigenvalue weighted by Crippen LogP contribution is -2.43. The summed E-state index contributed by atoms with van der Waals surface area (Å²) in [7, 11) is 0. The van der Waals surface area contributed by atoms with Crippen LogP contribution in [0, 0.1) is 0 Å². The van der Waals surface area contributed by atoms with Crippen molar-refractivity contribution < 1.29 is 14.3 Å². The third kappa shape index (κ3) is 4.85. The van der Waals surface area contributed by atoms with Gasteiger partial charge in [0.2, 0.25) is 5.91 Å². The zero-order chi connectivity index (χ0) is 15.0. The van der Waals surface area contributed by atoms with Crippen molar-refractivity contribution in [1.82, 2.24) is 4.90 Å². The van der Waals surface area contributed by atoms with Crippen molar-refractivity contribution in [1.29, 1.82) is 0 Å². The Morgan fingerprint density at radius 2 is 1.95 bits per heavy atom. The first-order valence-corrected chi connectivity index (χ1v) is 7.19. The summed E-state index contributed by atoms with van der Waals surface area (Å²) >= 11 is 5.63. The summed E-state index contributed by atoms with van der Waals surface area (Å²) in [5, 5.41) is 0. The second-order valence-electron chi connectivity index (χ2n) is 4.37. The highest BCUT2D eigenvalue weighted by atomic mass is 35.5. The Balaban J connectivity index is 2.84. The monoisotopic (exact) mass is 297 g/mol. The van der Waals surface area contributed by atoms with Gasteiger partial charge in [-0.1, -0.05) is 30.3 Å². The third-order valence-electron chi connectivity index (χ3n) is 2.92. The minimum atomic E-state index is -0.620. The maximum atomic E-state index is 12.1. The van der Waals surface area contributed by atoms with E-state index in [4.69, 9.17) is 16.3 Å². The summed E-state index contributed by atoms with van der Waals surface area (Å²) < 4.78 is 4.98. The van der Waals surface area contributed by atoms with E-state index >= 15 is 0 Å². The highest BCUT2D eigenvalue weighted by Crippen LogP contribution is 2.12. The fourth-order valence-electron chi connectivity index (χ4n) is 1.84. The Kier molecular flexibility index (Phi) is 7.09. The molecule has 0 saturated heterocycles. The lowest BCUT2D eigenvalue weighted by Gasteiger charge is -2.27. The summed E-state index contributed by atoms with van der Waals surface area (Å²) in [5.41, 5.74) is 0.964. The van der Waals surface area contributed by atoms with Crippen LogP contribution in [0.4, 0.5) is 0 Å². The fourth-order valence-corrected chi connectivity index (χ4v) is 2.00. The van der Waals surface area contributed by atoms with E-state index in [9.17, 15) is 9.59 Å². The van der Waals surface area contributed by atoms with Gasteiger partial charge in [-0.2, -0.15) is 0 Å². The Labute approximate surface area is 124 Å². The number of ether oxygens (including phenoxy) is 1. The van der Waals surface area contributed by atoms with Gasteiger partial charge in [0.25, 0.3) is 0 Å². The number of hydrogen-bond donors (Lipinski definition) is 0. The molecule has 5 heteroatoms. The van der Waals surface area contributed by atoms with Gasteiger partial charge in [0, 0.05) is 18.8 Å². The molecule has 110 valence electrons. The molecule has 1 unspecified atom stereocenters. The molecule has 0 aliphatic carbocycles. The largest absolute Gasteiger partial charge is 0.464 e. The van der Waals surface area contributed by atoms with Crippen molar-refractivity contribution in [2.24, 2.45) is 0 Å². The van der Waals surface area contributed by atoms with E-state index in [1.54, 1.807) is 13.8 Å². The summed E-state index contributed by atoms with van der Waals surface area (Å²) in [6.07, 6.45) is 0.206. The molecule has 0 N–H and O–H groups in total. The number of carbonyl (C=O) groups is 2. The Bertz CT molecular complexity index is 436. The number of carbonyl (C=O) groups excluding carboxylic acids is 2. The quantitative estimate of drug-likeness (QED) is 0.574. The standard InChI is InChI=1S/C15H20ClNO3/c1-3-20-15(19)12(2)17(14(18)9-10-16)11-13-7-5-4-6-8-13/h4-8,12H,3,9-11H2,1-2H3. The topological polar surface area (TPSA) is 46.6 Å². The molecule has 20 heavy (non-hydrogen) atoms. The molecule has 1 amide bonds. The maximum absolute atomic E-state index is 12.1. The molecule has 0 heterocycles. The predicted octanol–water partition coefficient (Wildman–Crippen LogP) is 2.60. The molecule has 0 aromatic heterocycles. The van der Waals surface area contributed by atoms with Crippen LogP contribution >= 0.6 is 11.6 Å². The molecule has 0 aliphatic rings. The molecule has 1 atom stereocenters. The number of hydrogen-bond acceptors (Lipinski definition) is 3. The number of alkyl halides is 1. The SMILES string of the molecule is CCOC(=O)C(C)N(Cc1ccccc1)C(=O)CCCl. The highest BCUT2D eigenvalue weighted by molar-refractivity contribution is 6.18. The fraction of sp³-hybridized carbons (Fsp3) is 0.467. The first kappa shape index (κ1) is 16.5. The minimum absolute atomic E-state index is 0.149. The van der Waals surface area contributed by atoms with E-state index < -0.39 is 12.0 Å². The van der Waals surface area contributed by atoms with E-state index in [0.717, 1.165) is 5.56 Å². The van der Waals surface area contributed by atoms with Crippen LogP contribution in [0.5, 0.6) is 0 Å². The molecular formula is C15H20ClNO3. The smallest absolute Gasteiger partial charge is 0.328 e. The molecule has 0 bridgehead atoms. The van der Waals surface area contributed by atoms with Crippen LogP contribution in [0.25, 0.3) is 0 Å². The predicted molar refractivity (Wildman–Crippen MR) is 78.4 cm³/mol. The summed E-state index contributed by atoms with van der Waals surface area (Å²) in [6, 6.07) is 8.91. The van der Waals surface area contributed by atoms with E-state index in [1.165, 1.54) is 4.90 Å². The summed E-state index contributed by atoms with van der Waals surface area (Å²) in [6.45, 7) is 4.09. The van der Waals surface area contributed by atoms with Gasteiger partial charge in [-0.3, -0.25) is 4.79 Å². The van der Waals surface area contributed by atoms with Crippen LogP contribution in [-0.4, -0.2) is 35.3 Å². The van der Waals surface area contributed by atoms with Crippen molar-refractivity contribution in [2.45, 2.75) is 32.9 Å². The van der Waals surface area contributed by atoms with Crippen LogP contribution in [0.1, 0.15) is 25.8 Å². The number of halogens is 1. The number of amides is 1. The summed E-state index contributed by atoms with van der Waals surface area (Å²) in [5.74, 6) is -0.310. The van der Waals surface area contributed by atoms with Gasteiger partial charge in [0.05, 0.1) is 6.61 Å². The average molecular weight is 298 g/mol. The molecule has 0 fully saturated rings. The summed E-state index contributed by atoms with van der Waals surface area (Å²) in [4.78, 5) is 25.5. The lowest BCUT2D eigenvalue weighted by molar-refractivity contribution is -0.154. The van der Waals surface area contributed by atoms with E-state index in [-0.39, 0.29) is 18.2 Å². The zero-order valence-electron chi connectivity index (χ0n) is 11.8. The van der Waals surface area contributed by atoms with Crippen LogP contribution < -0.4 is 0 Å². The average Bonchev–Trinajstić information content (AvgIpc) is 2.45. The number of nitrogens with zero attached hydrogens (tertiary/aromatic N) is 1. The van der Waals surface area contributed by atoms with Gasteiger partial charge in [-0.15, -0.1) is 11.6 Å². The number of rotatable bonds is 7. The molecule has 1 rings (SSSR count). The Hall–Kier alpha value is -1.55. The van der Waals surface area contributed by atoms with Gasteiger partial charge in [-0.25, -0.2) is 4.79 Å². The molecule has 0 spiro atoms. The van der Waals surface area contributed by atoms with Gasteiger partial charge < -0.3 is 9.64 Å².